The zero-order valence-corrected chi connectivity index (χ0v) is 12.0. The molecular weight excluding hydrogens is 320 g/mol. The van der Waals surface area contributed by atoms with E-state index in [1.807, 2.05) is 0 Å². The van der Waals surface area contributed by atoms with Crippen LogP contribution in [0.3, 0.4) is 0 Å². The average molecular weight is 342 g/mol. The summed E-state index contributed by atoms with van der Waals surface area (Å²) in [5.74, 6) is 0. The Morgan fingerprint density at radius 2 is 1.26 bits per heavy atom. The van der Waals surface area contributed by atoms with E-state index >= 15 is 0 Å². The first-order chi connectivity index (χ1) is 10.8. The van der Waals surface area contributed by atoms with E-state index in [-0.39, 0.29) is 0 Å². The average Bonchev–Trinajstić information content (AvgIpc) is 2.55. The summed E-state index contributed by atoms with van der Waals surface area (Å²) in [6.07, 6.45) is -15.6. The van der Waals surface area contributed by atoms with Crippen LogP contribution in [0, 0.1) is 0 Å². The van der Waals surface area contributed by atoms with Gasteiger partial charge >= 0.3 is 0 Å². The van der Waals surface area contributed by atoms with Crippen molar-refractivity contribution in [3.8, 4) is 0 Å². The lowest BCUT2D eigenvalue weighted by Gasteiger charge is -2.45. The van der Waals surface area contributed by atoms with Gasteiger partial charge in [0.05, 0.1) is 13.2 Å². The van der Waals surface area contributed by atoms with Crippen LogP contribution >= 0.6 is 0 Å². The molecule has 2 fully saturated rings. The SMILES string of the molecule is OC[C@@H]1O[C@@H](O[C@H]2[C@H](O)[C@@H](O)[C@@H](O)O[C@H]2CO)[C@H](O)[C@@H](O)[C@H]1O. The van der Waals surface area contributed by atoms with Gasteiger partial charge < -0.3 is 55.1 Å². The van der Waals surface area contributed by atoms with E-state index in [1.54, 1.807) is 0 Å². The highest BCUT2D eigenvalue weighted by Gasteiger charge is 2.50. The Bertz CT molecular complexity index is 378. The molecule has 0 spiro atoms. The minimum absolute atomic E-state index is 0.667. The van der Waals surface area contributed by atoms with E-state index in [4.69, 9.17) is 19.3 Å². The zero-order valence-electron chi connectivity index (χ0n) is 12.0. The summed E-state index contributed by atoms with van der Waals surface area (Å²) in [6, 6.07) is 0. The molecule has 0 bridgehead atoms. The lowest BCUT2D eigenvalue weighted by atomic mass is 9.97. The van der Waals surface area contributed by atoms with Crippen LogP contribution in [0.5, 0.6) is 0 Å². The van der Waals surface area contributed by atoms with Crippen molar-refractivity contribution in [2.45, 2.75) is 61.4 Å². The number of hydrogen-bond acceptors (Lipinski definition) is 11. The van der Waals surface area contributed by atoms with Crippen molar-refractivity contribution in [2.75, 3.05) is 13.2 Å². The Hall–Kier alpha value is -0.440. The molecule has 0 radical (unpaired) electrons. The van der Waals surface area contributed by atoms with Crippen molar-refractivity contribution in [3.63, 3.8) is 0 Å². The number of hydrogen-bond donors (Lipinski definition) is 8. The second-order valence-electron chi connectivity index (χ2n) is 5.53. The van der Waals surface area contributed by atoms with E-state index in [0.29, 0.717) is 0 Å². The van der Waals surface area contributed by atoms with Gasteiger partial charge in [0.2, 0.25) is 0 Å². The third kappa shape index (κ3) is 3.65. The van der Waals surface area contributed by atoms with Gasteiger partial charge in [-0.25, -0.2) is 0 Å². The Morgan fingerprint density at radius 3 is 1.83 bits per heavy atom. The van der Waals surface area contributed by atoms with Gasteiger partial charge in [0.25, 0.3) is 0 Å². The first-order valence-electron chi connectivity index (χ1n) is 7.08. The van der Waals surface area contributed by atoms with E-state index in [0.717, 1.165) is 0 Å². The third-order valence-corrected chi connectivity index (χ3v) is 3.98. The van der Waals surface area contributed by atoms with Crippen LogP contribution in [-0.4, -0.2) is 115 Å². The molecule has 10 atom stereocenters. The van der Waals surface area contributed by atoms with E-state index in [1.165, 1.54) is 0 Å². The number of rotatable bonds is 4. The molecule has 11 heteroatoms. The minimum Gasteiger partial charge on any atom is -0.394 e. The van der Waals surface area contributed by atoms with Gasteiger partial charge in [-0.15, -0.1) is 0 Å². The van der Waals surface area contributed by atoms with E-state index in [9.17, 15) is 35.7 Å². The predicted octanol–water partition coefficient (Wildman–Crippen LogP) is -5.40. The van der Waals surface area contributed by atoms with Crippen molar-refractivity contribution in [1.82, 2.24) is 0 Å². The molecule has 136 valence electrons. The first-order valence-corrected chi connectivity index (χ1v) is 7.08. The smallest absolute Gasteiger partial charge is 0.187 e. The summed E-state index contributed by atoms with van der Waals surface area (Å²) >= 11 is 0. The highest BCUT2D eigenvalue weighted by molar-refractivity contribution is 4.93. The largest absolute Gasteiger partial charge is 0.394 e. The van der Waals surface area contributed by atoms with Crippen molar-refractivity contribution in [3.05, 3.63) is 0 Å². The van der Waals surface area contributed by atoms with Crippen molar-refractivity contribution < 1.29 is 55.1 Å². The van der Waals surface area contributed by atoms with Crippen LogP contribution in [0.15, 0.2) is 0 Å². The maximum atomic E-state index is 9.94. The van der Waals surface area contributed by atoms with Gasteiger partial charge in [-0.1, -0.05) is 0 Å². The van der Waals surface area contributed by atoms with Crippen LogP contribution < -0.4 is 0 Å². The molecule has 0 aliphatic carbocycles. The van der Waals surface area contributed by atoms with E-state index < -0.39 is 74.6 Å². The van der Waals surface area contributed by atoms with Gasteiger partial charge in [0, 0.05) is 0 Å². The summed E-state index contributed by atoms with van der Waals surface area (Å²) in [4.78, 5) is 0. The molecule has 2 heterocycles. The Labute approximate surface area is 130 Å². The van der Waals surface area contributed by atoms with Gasteiger partial charge in [0.1, 0.15) is 48.8 Å². The maximum Gasteiger partial charge on any atom is 0.187 e. The molecule has 2 rings (SSSR count). The van der Waals surface area contributed by atoms with Crippen LogP contribution in [0.1, 0.15) is 0 Å². The molecule has 8 N–H and O–H groups in total. The topological polar surface area (TPSA) is 190 Å². The van der Waals surface area contributed by atoms with Gasteiger partial charge in [-0.05, 0) is 0 Å². The number of aliphatic hydroxyl groups excluding tert-OH is 8. The van der Waals surface area contributed by atoms with Gasteiger partial charge in [-0.3, -0.25) is 0 Å². The molecule has 0 aromatic heterocycles. The van der Waals surface area contributed by atoms with Crippen molar-refractivity contribution in [1.29, 1.82) is 0 Å². The van der Waals surface area contributed by atoms with Crippen LogP contribution in [0.2, 0.25) is 0 Å². The second-order valence-corrected chi connectivity index (χ2v) is 5.53. The van der Waals surface area contributed by atoms with Crippen molar-refractivity contribution >= 4 is 0 Å². The molecule has 0 saturated carbocycles. The zero-order chi connectivity index (χ0) is 17.3. The standard InChI is InChI=1S/C12H22O11/c13-1-3-5(15)6(16)9(19)12(22-3)23-10-4(2-14)21-11(20)8(18)7(10)17/h3-20H,1-2H2/t3-,4-,5-,6-,7+,8+,9+,10+,11-,12-/m0/s1. The Kier molecular flexibility index (Phi) is 6.27. The molecule has 0 unspecified atom stereocenters. The summed E-state index contributed by atoms with van der Waals surface area (Å²) in [7, 11) is 0. The van der Waals surface area contributed by atoms with Crippen LogP contribution in [-0.2, 0) is 14.2 Å². The summed E-state index contributed by atoms with van der Waals surface area (Å²) in [5.41, 5.74) is 0. The lowest BCUT2D eigenvalue weighted by Crippen LogP contribution is -2.64. The normalized spacial score (nSPS) is 51.7. The fraction of sp³-hybridized carbons (Fsp3) is 1.00. The van der Waals surface area contributed by atoms with Gasteiger partial charge in [-0.2, -0.15) is 0 Å². The molecule has 11 nitrogen and oxygen atoms in total. The van der Waals surface area contributed by atoms with Crippen LogP contribution in [0.25, 0.3) is 0 Å². The fourth-order valence-electron chi connectivity index (χ4n) is 2.57. The summed E-state index contributed by atoms with van der Waals surface area (Å²) < 4.78 is 15.3. The summed E-state index contributed by atoms with van der Waals surface area (Å²) in [6.45, 7) is -1.35. The van der Waals surface area contributed by atoms with Gasteiger partial charge in [0.15, 0.2) is 12.6 Å². The highest BCUT2D eigenvalue weighted by Crippen LogP contribution is 2.28. The van der Waals surface area contributed by atoms with Crippen LogP contribution in [0.4, 0.5) is 0 Å². The first kappa shape index (κ1) is 18.9. The number of ether oxygens (including phenoxy) is 3. The molecule has 0 aromatic carbocycles. The summed E-state index contributed by atoms with van der Waals surface area (Å²) in [5, 5.41) is 76.5. The highest BCUT2D eigenvalue weighted by atomic mass is 16.7. The molecule has 2 aliphatic rings. The molecule has 23 heavy (non-hydrogen) atoms. The molecule has 2 saturated heterocycles. The van der Waals surface area contributed by atoms with Crippen molar-refractivity contribution in [2.24, 2.45) is 0 Å². The fourth-order valence-corrected chi connectivity index (χ4v) is 2.57. The monoisotopic (exact) mass is 342 g/mol. The predicted molar refractivity (Wildman–Crippen MR) is 68.6 cm³/mol. The molecule has 0 aromatic rings. The number of aliphatic hydroxyl groups is 8. The molecule has 0 amide bonds. The van der Waals surface area contributed by atoms with E-state index in [2.05, 4.69) is 0 Å². The Morgan fingerprint density at radius 1 is 0.652 bits per heavy atom. The quantitative estimate of drug-likeness (QED) is 0.243. The maximum absolute atomic E-state index is 9.94. The minimum atomic E-state index is -1.74. The molecule has 2 aliphatic heterocycles. The lowest BCUT2D eigenvalue weighted by molar-refractivity contribution is -0.355. The third-order valence-electron chi connectivity index (χ3n) is 3.98. The second kappa shape index (κ2) is 7.63. The molecular formula is C12H22O11. The Balaban J connectivity index is 2.11.